The molecule has 2 aromatic carbocycles. The number of methoxy groups -OCH3 is 1. The third-order valence-corrected chi connectivity index (χ3v) is 4.51. The van der Waals surface area contributed by atoms with Crippen LogP contribution in [-0.2, 0) is 12.8 Å². The van der Waals surface area contributed by atoms with Gasteiger partial charge in [0.1, 0.15) is 11.6 Å². The van der Waals surface area contributed by atoms with Gasteiger partial charge in [0.05, 0.1) is 18.4 Å². The molecule has 1 aromatic heterocycles. The summed E-state index contributed by atoms with van der Waals surface area (Å²) in [6, 6.07) is 16.0. The molecule has 1 amide bonds. The molecule has 5 nitrogen and oxygen atoms in total. The molecule has 0 aliphatic carbocycles. The number of halogens is 1. The van der Waals surface area contributed by atoms with Crippen LogP contribution in [0.3, 0.4) is 0 Å². The number of pyridine rings is 1. The van der Waals surface area contributed by atoms with Gasteiger partial charge in [0, 0.05) is 25.5 Å². The summed E-state index contributed by atoms with van der Waals surface area (Å²) in [5, 5.41) is 6.16. The van der Waals surface area contributed by atoms with E-state index < -0.39 is 0 Å². The quantitative estimate of drug-likeness (QED) is 0.580. The van der Waals surface area contributed by atoms with Gasteiger partial charge in [-0.3, -0.25) is 9.78 Å². The number of ether oxygens (including phenoxy) is 1. The van der Waals surface area contributed by atoms with Crippen molar-refractivity contribution in [2.75, 3.05) is 25.5 Å². The fourth-order valence-electron chi connectivity index (χ4n) is 2.88. The Kier molecular flexibility index (Phi) is 7.16. The molecule has 6 heteroatoms. The molecule has 0 fully saturated rings. The Morgan fingerprint density at radius 2 is 1.62 bits per heavy atom. The zero-order valence-corrected chi connectivity index (χ0v) is 16.3. The summed E-state index contributed by atoms with van der Waals surface area (Å²) in [4.78, 5) is 16.5. The highest BCUT2D eigenvalue weighted by Crippen LogP contribution is 2.12. The molecule has 3 aromatic rings. The second kappa shape index (κ2) is 10.2. The number of amides is 1. The minimum absolute atomic E-state index is 0.159. The molecule has 2 N–H and O–H groups in total. The number of hydrogen-bond donors (Lipinski definition) is 2. The van der Waals surface area contributed by atoms with Crippen LogP contribution in [0.2, 0.25) is 0 Å². The second-order valence-corrected chi connectivity index (χ2v) is 6.62. The maximum Gasteiger partial charge on any atom is 0.252 e. The van der Waals surface area contributed by atoms with Crippen LogP contribution in [-0.4, -0.2) is 31.1 Å². The lowest BCUT2D eigenvalue weighted by Gasteiger charge is -2.09. The molecule has 29 heavy (non-hydrogen) atoms. The zero-order chi connectivity index (χ0) is 20.5. The van der Waals surface area contributed by atoms with Gasteiger partial charge in [0.25, 0.3) is 5.91 Å². The van der Waals surface area contributed by atoms with E-state index in [1.807, 2.05) is 24.3 Å². The number of nitrogens with zero attached hydrogens (tertiary/aromatic N) is 1. The first kappa shape index (κ1) is 20.3. The van der Waals surface area contributed by atoms with Gasteiger partial charge in [-0.1, -0.05) is 24.3 Å². The Balaban J connectivity index is 1.46. The number of benzene rings is 2. The SMILES string of the molecule is COc1ccc(CCNC(=O)c2cncc(NCCc3ccc(F)cc3)c2)cc1. The molecular weight excluding hydrogens is 369 g/mol. The van der Waals surface area contributed by atoms with Crippen LogP contribution in [0.1, 0.15) is 21.5 Å². The first-order chi connectivity index (χ1) is 14.1. The topological polar surface area (TPSA) is 63.2 Å². The summed E-state index contributed by atoms with van der Waals surface area (Å²) in [7, 11) is 1.63. The van der Waals surface area contributed by atoms with E-state index in [9.17, 15) is 9.18 Å². The van der Waals surface area contributed by atoms with Crippen LogP contribution in [0.15, 0.2) is 67.0 Å². The number of rotatable bonds is 9. The van der Waals surface area contributed by atoms with Gasteiger partial charge in [-0.05, 0) is 54.3 Å². The predicted octanol–water partition coefficient (Wildman–Crippen LogP) is 3.86. The van der Waals surface area contributed by atoms with E-state index in [4.69, 9.17) is 4.74 Å². The molecule has 0 bridgehead atoms. The summed E-state index contributed by atoms with van der Waals surface area (Å²) in [6.07, 6.45) is 4.71. The lowest BCUT2D eigenvalue weighted by atomic mass is 10.1. The fourth-order valence-corrected chi connectivity index (χ4v) is 2.88. The van der Waals surface area contributed by atoms with Crippen molar-refractivity contribution in [3.8, 4) is 5.75 Å². The van der Waals surface area contributed by atoms with Crippen LogP contribution < -0.4 is 15.4 Å². The van der Waals surface area contributed by atoms with Gasteiger partial charge in [-0.25, -0.2) is 4.39 Å². The highest BCUT2D eigenvalue weighted by atomic mass is 19.1. The lowest BCUT2D eigenvalue weighted by Crippen LogP contribution is -2.26. The number of carbonyl (C=O) groups excluding carboxylic acids is 1. The number of anilines is 1. The average Bonchev–Trinajstić information content (AvgIpc) is 2.76. The van der Waals surface area contributed by atoms with Crippen LogP contribution in [0.25, 0.3) is 0 Å². The Morgan fingerprint density at radius 1 is 0.966 bits per heavy atom. The summed E-state index contributed by atoms with van der Waals surface area (Å²) in [6.45, 7) is 1.20. The molecule has 0 spiro atoms. The molecular formula is C23H24FN3O2. The minimum Gasteiger partial charge on any atom is -0.497 e. The van der Waals surface area contributed by atoms with Crippen molar-refractivity contribution >= 4 is 11.6 Å². The van der Waals surface area contributed by atoms with Crippen molar-refractivity contribution in [2.24, 2.45) is 0 Å². The van der Waals surface area contributed by atoms with E-state index in [1.165, 1.54) is 12.1 Å². The highest BCUT2D eigenvalue weighted by molar-refractivity contribution is 5.94. The minimum atomic E-state index is -0.239. The van der Waals surface area contributed by atoms with Gasteiger partial charge >= 0.3 is 0 Å². The van der Waals surface area contributed by atoms with Gasteiger partial charge in [-0.15, -0.1) is 0 Å². The van der Waals surface area contributed by atoms with E-state index >= 15 is 0 Å². The maximum atomic E-state index is 12.9. The molecule has 0 saturated heterocycles. The number of hydrogen-bond acceptors (Lipinski definition) is 4. The smallest absolute Gasteiger partial charge is 0.252 e. The van der Waals surface area contributed by atoms with E-state index in [0.717, 1.165) is 35.4 Å². The molecule has 0 atom stereocenters. The molecule has 3 rings (SSSR count). The van der Waals surface area contributed by atoms with Gasteiger partial charge < -0.3 is 15.4 Å². The first-order valence-electron chi connectivity index (χ1n) is 9.48. The van der Waals surface area contributed by atoms with E-state index in [2.05, 4.69) is 15.6 Å². The van der Waals surface area contributed by atoms with Crippen LogP contribution in [0.5, 0.6) is 5.75 Å². The van der Waals surface area contributed by atoms with Crippen LogP contribution in [0, 0.1) is 5.82 Å². The molecule has 1 heterocycles. The Morgan fingerprint density at radius 3 is 2.31 bits per heavy atom. The van der Waals surface area contributed by atoms with Crippen molar-refractivity contribution in [1.82, 2.24) is 10.3 Å². The summed E-state index contributed by atoms with van der Waals surface area (Å²) in [5.74, 6) is 0.414. The van der Waals surface area contributed by atoms with Crippen LogP contribution in [0.4, 0.5) is 10.1 Å². The monoisotopic (exact) mass is 393 g/mol. The first-order valence-corrected chi connectivity index (χ1v) is 9.48. The largest absolute Gasteiger partial charge is 0.497 e. The Bertz CT molecular complexity index is 928. The third kappa shape index (κ3) is 6.31. The standard InChI is InChI=1S/C23H24FN3O2/c1-29-22-8-4-18(5-9-22)11-13-27-23(28)19-14-21(16-25-15-19)26-12-10-17-2-6-20(24)7-3-17/h2-9,14-16,26H,10-13H2,1H3,(H,27,28). The van der Waals surface area contributed by atoms with Crippen molar-refractivity contribution in [2.45, 2.75) is 12.8 Å². The predicted molar refractivity (Wildman–Crippen MR) is 112 cm³/mol. The molecule has 0 unspecified atom stereocenters. The molecule has 150 valence electrons. The molecule has 0 aliphatic rings. The summed E-state index contributed by atoms with van der Waals surface area (Å²) >= 11 is 0. The third-order valence-electron chi connectivity index (χ3n) is 4.51. The van der Waals surface area contributed by atoms with Crippen molar-refractivity contribution in [3.63, 3.8) is 0 Å². The molecule has 0 radical (unpaired) electrons. The maximum absolute atomic E-state index is 12.9. The molecule has 0 aliphatic heterocycles. The van der Waals surface area contributed by atoms with Gasteiger partial charge in [0.15, 0.2) is 0 Å². The average molecular weight is 393 g/mol. The Labute approximate surface area is 169 Å². The Hall–Kier alpha value is -3.41. The van der Waals surface area contributed by atoms with Crippen LogP contribution >= 0.6 is 0 Å². The number of aromatic nitrogens is 1. The van der Waals surface area contributed by atoms with Crippen molar-refractivity contribution < 1.29 is 13.9 Å². The van der Waals surface area contributed by atoms with E-state index in [1.54, 1.807) is 37.7 Å². The van der Waals surface area contributed by atoms with E-state index in [0.29, 0.717) is 18.7 Å². The van der Waals surface area contributed by atoms with E-state index in [-0.39, 0.29) is 11.7 Å². The molecule has 0 saturated carbocycles. The second-order valence-electron chi connectivity index (χ2n) is 6.62. The van der Waals surface area contributed by atoms with Gasteiger partial charge in [-0.2, -0.15) is 0 Å². The lowest BCUT2D eigenvalue weighted by molar-refractivity contribution is 0.0954. The highest BCUT2D eigenvalue weighted by Gasteiger charge is 2.07. The van der Waals surface area contributed by atoms with Crippen molar-refractivity contribution in [1.29, 1.82) is 0 Å². The zero-order valence-electron chi connectivity index (χ0n) is 16.3. The fraction of sp³-hybridized carbons (Fsp3) is 0.217. The number of nitrogens with one attached hydrogen (secondary N) is 2. The number of carbonyl (C=O) groups is 1. The van der Waals surface area contributed by atoms with Gasteiger partial charge in [0.2, 0.25) is 0 Å². The summed E-state index contributed by atoms with van der Waals surface area (Å²) < 4.78 is 18.1. The van der Waals surface area contributed by atoms with Crippen molar-refractivity contribution in [3.05, 3.63) is 89.5 Å². The summed E-state index contributed by atoms with van der Waals surface area (Å²) in [5.41, 5.74) is 3.45. The normalized spacial score (nSPS) is 10.4.